The van der Waals surface area contributed by atoms with Crippen molar-refractivity contribution in [3.63, 3.8) is 0 Å². The highest BCUT2D eigenvalue weighted by Crippen LogP contribution is 2.20. The third-order valence-electron chi connectivity index (χ3n) is 3.89. The average molecular weight is 302 g/mol. The normalized spacial score (nSPS) is 13.7. The number of benzene rings is 2. The van der Waals surface area contributed by atoms with Crippen LogP contribution in [0.1, 0.15) is 22.3 Å². The van der Waals surface area contributed by atoms with E-state index in [2.05, 4.69) is 59.7 Å². The van der Waals surface area contributed by atoms with Crippen molar-refractivity contribution in [2.45, 2.75) is 0 Å². The van der Waals surface area contributed by atoms with E-state index in [-0.39, 0.29) is 0 Å². The highest BCUT2D eigenvalue weighted by Gasteiger charge is 2.01. The van der Waals surface area contributed by atoms with Crippen molar-refractivity contribution in [3.8, 4) is 11.8 Å². The third-order valence-corrected chi connectivity index (χ3v) is 3.89. The van der Waals surface area contributed by atoms with Crippen LogP contribution in [0.25, 0.3) is 11.1 Å². The van der Waals surface area contributed by atoms with Crippen molar-refractivity contribution >= 4 is 11.1 Å². The summed E-state index contributed by atoms with van der Waals surface area (Å²) >= 11 is 0. The highest BCUT2D eigenvalue weighted by atomic mass is 14.0. The Balaban J connectivity index is 1.63. The van der Waals surface area contributed by atoms with Crippen LogP contribution in [0.3, 0.4) is 0 Å². The Hall–Kier alpha value is -3.48. The Morgan fingerprint density at radius 3 is 1.54 bits per heavy atom. The van der Waals surface area contributed by atoms with E-state index in [1.165, 1.54) is 0 Å². The van der Waals surface area contributed by atoms with E-state index in [9.17, 15) is 0 Å². The molecule has 0 bridgehead atoms. The molecule has 0 heteroatoms. The monoisotopic (exact) mass is 302 g/mol. The Morgan fingerprint density at radius 2 is 1.12 bits per heavy atom. The molecule has 0 aliphatic heterocycles. The molecule has 0 N–H and O–H groups in total. The van der Waals surface area contributed by atoms with E-state index in [1.807, 2.05) is 48.6 Å². The molecule has 2 aromatic rings. The quantitative estimate of drug-likeness (QED) is 0.521. The predicted octanol–water partition coefficient (Wildman–Crippen LogP) is 5.30. The Kier molecular flexibility index (Phi) is 3.73. The minimum Gasteiger partial charge on any atom is -0.112 e. The first-order valence-corrected chi connectivity index (χ1v) is 7.88. The minimum atomic E-state index is 1.01. The van der Waals surface area contributed by atoms with Gasteiger partial charge in [0.2, 0.25) is 0 Å². The second kappa shape index (κ2) is 6.33. The van der Waals surface area contributed by atoms with Gasteiger partial charge in [-0.1, -0.05) is 48.3 Å². The van der Waals surface area contributed by atoms with Crippen molar-refractivity contribution in [1.82, 2.24) is 0 Å². The van der Waals surface area contributed by atoms with E-state index in [0.29, 0.717) is 0 Å². The molecular weight excluding hydrogens is 288 g/mol. The summed E-state index contributed by atoms with van der Waals surface area (Å²) in [7, 11) is 0. The van der Waals surface area contributed by atoms with Gasteiger partial charge in [0.25, 0.3) is 0 Å². The van der Waals surface area contributed by atoms with E-state index in [1.54, 1.807) is 0 Å². The van der Waals surface area contributed by atoms with Gasteiger partial charge >= 0.3 is 0 Å². The summed E-state index contributed by atoms with van der Waals surface area (Å²) in [6.45, 7) is 0. The van der Waals surface area contributed by atoms with Crippen LogP contribution in [0.4, 0.5) is 0 Å². The van der Waals surface area contributed by atoms with Gasteiger partial charge in [0.15, 0.2) is 0 Å². The molecule has 0 atom stereocenters. The van der Waals surface area contributed by atoms with Gasteiger partial charge in [0.1, 0.15) is 0 Å². The van der Waals surface area contributed by atoms with Crippen LogP contribution in [0.2, 0.25) is 0 Å². The molecule has 0 fully saturated rings. The van der Waals surface area contributed by atoms with Crippen molar-refractivity contribution in [1.29, 1.82) is 0 Å². The molecule has 24 heavy (non-hydrogen) atoms. The summed E-state index contributed by atoms with van der Waals surface area (Å²) in [6, 6.07) is 16.5. The predicted molar refractivity (Wildman–Crippen MR) is 100 cm³/mol. The molecule has 0 heterocycles. The van der Waals surface area contributed by atoms with Crippen molar-refractivity contribution in [2.75, 3.05) is 0 Å². The van der Waals surface area contributed by atoms with Gasteiger partial charge in [-0.2, -0.15) is 0 Å². The van der Waals surface area contributed by atoms with Crippen LogP contribution in [-0.4, -0.2) is 0 Å². The van der Waals surface area contributed by atoms with E-state index in [0.717, 1.165) is 33.4 Å². The van der Waals surface area contributed by atoms with Crippen LogP contribution in [-0.2, 0) is 0 Å². The lowest BCUT2D eigenvalue weighted by Crippen LogP contribution is -1.83. The summed E-state index contributed by atoms with van der Waals surface area (Å²) in [4.78, 5) is 0. The zero-order chi connectivity index (χ0) is 16.2. The van der Waals surface area contributed by atoms with E-state index in [4.69, 9.17) is 0 Å². The summed E-state index contributed by atoms with van der Waals surface area (Å²) in [6.07, 6.45) is 12.0. The van der Waals surface area contributed by atoms with Crippen molar-refractivity contribution in [2.24, 2.45) is 0 Å². The van der Waals surface area contributed by atoms with Gasteiger partial charge in [-0.15, -0.1) is 11.5 Å². The molecule has 0 aromatic heterocycles. The smallest absolute Gasteiger partial charge is 0.0255 e. The van der Waals surface area contributed by atoms with Crippen LogP contribution in [0.5, 0.6) is 0 Å². The number of hydrogen-bond donors (Lipinski definition) is 0. The van der Waals surface area contributed by atoms with Gasteiger partial charge in [0.05, 0.1) is 0 Å². The number of allylic oxidation sites excluding steroid dienone is 6. The molecule has 0 spiro atoms. The van der Waals surface area contributed by atoms with Gasteiger partial charge in [-0.05, 0) is 59.7 Å². The van der Waals surface area contributed by atoms with Crippen LogP contribution >= 0.6 is 0 Å². The molecule has 2 aliphatic carbocycles. The zero-order valence-electron chi connectivity index (χ0n) is 13.1. The van der Waals surface area contributed by atoms with Crippen LogP contribution < -0.4 is 0 Å². The van der Waals surface area contributed by atoms with Gasteiger partial charge < -0.3 is 0 Å². The summed E-state index contributed by atoms with van der Waals surface area (Å²) in [5.41, 5.74) is 13.0. The molecule has 0 saturated carbocycles. The largest absolute Gasteiger partial charge is 0.112 e. The fourth-order valence-electron chi connectivity index (χ4n) is 2.69. The summed E-state index contributed by atoms with van der Waals surface area (Å²) in [5, 5.41) is 0. The summed E-state index contributed by atoms with van der Waals surface area (Å²) < 4.78 is 0. The first-order chi connectivity index (χ1) is 11.9. The molecule has 2 aromatic carbocycles. The van der Waals surface area contributed by atoms with E-state index >= 15 is 0 Å². The molecule has 4 rings (SSSR count). The molecule has 0 saturated heterocycles. The average Bonchev–Trinajstić information content (AvgIpc) is 3.34. The van der Waals surface area contributed by atoms with Crippen molar-refractivity contribution in [3.05, 3.63) is 119 Å². The zero-order valence-corrected chi connectivity index (χ0v) is 13.1. The molecule has 0 unspecified atom stereocenters. The first kappa shape index (κ1) is 14.1. The lowest BCUT2D eigenvalue weighted by atomic mass is 10.0. The van der Waals surface area contributed by atoms with Gasteiger partial charge in [0, 0.05) is 22.3 Å². The minimum absolute atomic E-state index is 1.01. The lowest BCUT2D eigenvalue weighted by molar-refractivity contribution is 1.57. The van der Waals surface area contributed by atoms with Crippen LogP contribution in [0, 0.1) is 11.8 Å². The SMILES string of the molecule is C1=CC=CC=1c1cccc(C#Cc2cccc(C3=C=CC=C3)c2)c1. The fraction of sp³-hybridized carbons (Fsp3) is 0. The van der Waals surface area contributed by atoms with Gasteiger partial charge in [-0.25, -0.2) is 0 Å². The fourth-order valence-corrected chi connectivity index (χ4v) is 2.69. The Bertz CT molecular complexity index is 977. The molecule has 0 radical (unpaired) electrons. The lowest BCUT2D eigenvalue weighted by Gasteiger charge is -2.00. The number of rotatable bonds is 2. The maximum atomic E-state index is 3.26. The third kappa shape index (κ3) is 3.00. The van der Waals surface area contributed by atoms with Crippen molar-refractivity contribution < 1.29 is 0 Å². The Labute approximate surface area is 142 Å². The second-order valence-corrected chi connectivity index (χ2v) is 5.58. The standard InChI is InChI=1S/C24H14/c1-2-10-21(9-1)23-13-5-7-19(17-23)15-16-20-8-6-14-24(18-20)22-11-3-4-12-22/h1-9,11,13-14,17-18H. The van der Waals surface area contributed by atoms with Gasteiger partial charge in [-0.3, -0.25) is 0 Å². The second-order valence-electron chi connectivity index (χ2n) is 5.58. The maximum Gasteiger partial charge on any atom is 0.0255 e. The molecular formula is C24H14. The highest BCUT2D eigenvalue weighted by molar-refractivity contribution is 5.77. The van der Waals surface area contributed by atoms with Crippen LogP contribution in [0.15, 0.2) is 96.4 Å². The first-order valence-electron chi connectivity index (χ1n) is 7.88. The molecule has 0 amide bonds. The number of hydrogen-bond acceptors (Lipinski definition) is 0. The topological polar surface area (TPSA) is 0 Å². The molecule has 0 nitrogen and oxygen atoms in total. The maximum absolute atomic E-state index is 3.26. The Morgan fingerprint density at radius 1 is 0.625 bits per heavy atom. The molecule has 110 valence electrons. The van der Waals surface area contributed by atoms with E-state index < -0.39 is 0 Å². The molecule has 2 aliphatic rings. The summed E-state index contributed by atoms with van der Waals surface area (Å²) in [5.74, 6) is 6.52.